The molecule has 1 atom stereocenters. The summed E-state index contributed by atoms with van der Waals surface area (Å²) in [6.45, 7) is 7.90. The topological polar surface area (TPSA) is 42.7 Å². The molecule has 4 nitrogen and oxygen atoms in total. The van der Waals surface area contributed by atoms with E-state index in [-0.39, 0.29) is 6.04 Å². The van der Waals surface area contributed by atoms with Crippen LogP contribution in [-0.2, 0) is 13.1 Å². The van der Waals surface area contributed by atoms with Gasteiger partial charge in [-0.3, -0.25) is 0 Å². The second-order valence-electron chi connectivity index (χ2n) is 5.52. The summed E-state index contributed by atoms with van der Waals surface area (Å²) in [6, 6.07) is 5.67. The molecule has 0 aliphatic heterocycles. The molecular weight excluding hydrogens is 307 g/mol. The highest BCUT2D eigenvalue weighted by atomic mass is 35.5. The first-order chi connectivity index (χ1) is 9.97. The number of hydrogen-bond donors (Lipinski definition) is 1. The SMILES string of the molecule is CC(C)Cn1ncnc1CN[C@H](C)c1ccc(Cl)cc1Cl. The second-order valence-corrected chi connectivity index (χ2v) is 6.36. The molecule has 2 rings (SSSR count). The molecule has 114 valence electrons. The minimum atomic E-state index is 0.110. The van der Waals surface area contributed by atoms with Gasteiger partial charge in [0.05, 0.1) is 6.54 Å². The van der Waals surface area contributed by atoms with Crippen LogP contribution in [0, 0.1) is 5.92 Å². The number of halogens is 2. The van der Waals surface area contributed by atoms with E-state index in [4.69, 9.17) is 23.2 Å². The highest BCUT2D eigenvalue weighted by Gasteiger charge is 2.12. The van der Waals surface area contributed by atoms with Crippen molar-refractivity contribution in [3.05, 3.63) is 46.0 Å². The van der Waals surface area contributed by atoms with E-state index in [9.17, 15) is 0 Å². The Hall–Kier alpha value is -1.10. The van der Waals surface area contributed by atoms with Gasteiger partial charge in [0.25, 0.3) is 0 Å². The zero-order chi connectivity index (χ0) is 15.4. The standard InChI is InChI=1S/C15H20Cl2N4/c1-10(2)8-21-15(19-9-20-21)7-18-11(3)13-5-4-12(16)6-14(13)17/h4-6,9-11,18H,7-8H2,1-3H3/t11-/m1/s1. The van der Waals surface area contributed by atoms with Crippen molar-refractivity contribution in [2.75, 3.05) is 0 Å². The lowest BCUT2D eigenvalue weighted by molar-refractivity contribution is 0.449. The normalized spacial score (nSPS) is 12.9. The molecule has 0 aliphatic rings. The quantitative estimate of drug-likeness (QED) is 0.869. The molecule has 0 saturated carbocycles. The number of benzene rings is 1. The van der Waals surface area contributed by atoms with Crippen LogP contribution in [0.5, 0.6) is 0 Å². The van der Waals surface area contributed by atoms with Gasteiger partial charge in [-0.15, -0.1) is 0 Å². The fraction of sp³-hybridized carbons (Fsp3) is 0.467. The fourth-order valence-electron chi connectivity index (χ4n) is 2.13. The maximum atomic E-state index is 6.23. The highest BCUT2D eigenvalue weighted by molar-refractivity contribution is 6.35. The van der Waals surface area contributed by atoms with Gasteiger partial charge in [-0.05, 0) is 30.5 Å². The van der Waals surface area contributed by atoms with Gasteiger partial charge in [0.2, 0.25) is 0 Å². The third kappa shape index (κ3) is 4.43. The van der Waals surface area contributed by atoms with Crippen molar-refractivity contribution in [1.29, 1.82) is 0 Å². The predicted octanol–water partition coefficient (Wildman–Crippen LogP) is 4.09. The molecule has 1 heterocycles. The molecule has 6 heteroatoms. The molecule has 0 aliphatic carbocycles. The average Bonchev–Trinajstić information content (AvgIpc) is 2.82. The Morgan fingerprint density at radius 3 is 2.67 bits per heavy atom. The van der Waals surface area contributed by atoms with Crippen molar-refractivity contribution < 1.29 is 0 Å². The molecule has 0 radical (unpaired) electrons. The van der Waals surface area contributed by atoms with Crippen LogP contribution in [0.15, 0.2) is 24.5 Å². The van der Waals surface area contributed by atoms with E-state index in [0.717, 1.165) is 17.9 Å². The zero-order valence-electron chi connectivity index (χ0n) is 12.5. The van der Waals surface area contributed by atoms with E-state index in [1.807, 2.05) is 16.8 Å². The second kappa shape index (κ2) is 7.25. The van der Waals surface area contributed by atoms with Gasteiger partial charge in [0.15, 0.2) is 0 Å². The molecule has 2 aromatic rings. The predicted molar refractivity (Wildman–Crippen MR) is 86.6 cm³/mol. The molecule has 0 amide bonds. The molecule has 0 bridgehead atoms. The van der Waals surface area contributed by atoms with E-state index >= 15 is 0 Å². The molecule has 21 heavy (non-hydrogen) atoms. The van der Waals surface area contributed by atoms with Crippen LogP contribution in [0.25, 0.3) is 0 Å². The van der Waals surface area contributed by atoms with Crippen LogP contribution >= 0.6 is 23.2 Å². The average molecular weight is 327 g/mol. The molecule has 0 unspecified atom stereocenters. The summed E-state index contributed by atoms with van der Waals surface area (Å²) in [6.07, 6.45) is 1.60. The van der Waals surface area contributed by atoms with Crippen molar-refractivity contribution in [3.8, 4) is 0 Å². The number of hydrogen-bond acceptors (Lipinski definition) is 3. The van der Waals surface area contributed by atoms with E-state index < -0.39 is 0 Å². The Balaban J connectivity index is 2.01. The van der Waals surface area contributed by atoms with Gasteiger partial charge in [-0.25, -0.2) is 9.67 Å². The highest BCUT2D eigenvalue weighted by Crippen LogP contribution is 2.26. The molecule has 1 aromatic carbocycles. The van der Waals surface area contributed by atoms with Crippen molar-refractivity contribution in [2.24, 2.45) is 5.92 Å². The van der Waals surface area contributed by atoms with Crippen molar-refractivity contribution in [2.45, 2.75) is 39.9 Å². The number of rotatable bonds is 6. The lowest BCUT2D eigenvalue weighted by Gasteiger charge is -2.16. The van der Waals surface area contributed by atoms with Crippen LogP contribution in [-0.4, -0.2) is 14.8 Å². The van der Waals surface area contributed by atoms with E-state index in [1.165, 1.54) is 0 Å². The van der Waals surface area contributed by atoms with Crippen LogP contribution in [0.2, 0.25) is 10.0 Å². The van der Waals surface area contributed by atoms with Gasteiger partial charge in [0, 0.05) is 22.6 Å². The lowest BCUT2D eigenvalue weighted by Crippen LogP contribution is -2.22. The van der Waals surface area contributed by atoms with E-state index in [2.05, 4.69) is 36.2 Å². The van der Waals surface area contributed by atoms with Gasteiger partial charge < -0.3 is 5.32 Å². The maximum Gasteiger partial charge on any atom is 0.140 e. The zero-order valence-corrected chi connectivity index (χ0v) is 14.0. The molecular formula is C15H20Cl2N4. The van der Waals surface area contributed by atoms with E-state index in [0.29, 0.717) is 22.5 Å². The molecule has 0 saturated heterocycles. The summed E-state index contributed by atoms with van der Waals surface area (Å²) in [5.74, 6) is 1.47. The van der Waals surface area contributed by atoms with Crippen LogP contribution in [0.3, 0.4) is 0 Å². The van der Waals surface area contributed by atoms with Crippen LogP contribution in [0.1, 0.15) is 38.2 Å². The molecule has 0 fully saturated rings. The van der Waals surface area contributed by atoms with Crippen molar-refractivity contribution >= 4 is 23.2 Å². The Labute approximate surface area is 135 Å². The lowest BCUT2D eigenvalue weighted by atomic mass is 10.1. The summed E-state index contributed by atoms with van der Waals surface area (Å²) in [5, 5.41) is 9.00. The van der Waals surface area contributed by atoms with Crippen LogP contribution < -0.4 is 5.32 Å². The smallest absolute Gasteiger partial charge is 0.140 e. The van der Waals surface area contributed by atoms with Gasteiger partial charge in [-0.2, -0.15) is 5.10 Å². The third-order valence-electron chi connectivity index (χ3n) is 3.23. The first-order valence-corrected chi connectivity index (χ1v) is 7.78. The molecule has 1 N–H and O–H groups in total. The summed E-state index contributed by atoms with van der Waals surface area (Å²) in [4.78, 5) is 4.31. The Morgan fingerprint density at radius 2 is 2.00 bits per heavy atom. The monoisotopic (exact) mass is 326 g/mol. The summed E-state index contributed by atoms with van der Waals surface area (Å²) in [5.41, 5.74) is 1.02. The minimum Gasteiger partial charge on any atom is -0.303 e. The van der Waals surface area contributed by atoms with E-state index in [1.54, 1.807) is 12.4 Å². The third-order valence-corrected chi connectivity index (χ3v) is 3.79. The number of nitrogens with zero attached hydrogens (tertiary/aromatic N) is 3. The first-order valence-electron chi connectivity index (χ1n) is 7.02. The minimum absolute atomic E-state index is 0.110. The van der Waals surface area contributed by atoms with Gasteiger partial charge in [0.1, 0.15) is 12.2 Å². The van der Waals surface area contributed by atoms with Crippen molar-refractivity contribution in [3.63, 3.8) is 0 Å². The Kier molecular flexibility index (Phi) is 5.62. The first kappa shape index (κ1) is 16.3. The van der Waals surface area contributed by atoms with Crippen molar-refractivity contribution in [1.82, 2.24) is 20.1 Å². The maximum absolute atomic E-state index is 6.23. The molecule has 0 spiro atoms. The van der Waals surface area contributed by atoms with Gasteiger partial charge >= 0.3 is 0 Å². The Bertz CT molecular complexity index is 595. The fourth-order valence-corrected chi connectivity index (χ4v) is 2.70. The molecule has 1 aromatic heterocycles. The Morgan fingerprint density at radius 1 is 1.24 bits per heavy atom. The number of nitrogens with one attached hydrogen (secondary N) is 1. The van der Waals surface area contributed by atoms with Gasteiger partial charge in [-0.1, -0.05) is 43.1 Å². The largest absolute Gasteiger partial charge is 0.303 e. The number of aromatic nitrogens is 3. The summed E-state index contributed by atoms with van der Waals surface area (Å²) in [7, 11) is 0. The summed E-state index contributed by atoms with van der Waals surface area (Å²) >= 11 is 12.2. The van der Waals surface area contributed by atoms with Crippen LogP contribution in [0.4, 0.5) is 0 Å². The summed E-state index contributed by atoms with van der Waals surface area (Å²) < 4.78 is 1.94.